The Kier molecular flexibility index (Phi) is 6.36. The number of fused-ring (bicyclic) bond motifs is 1. The molecule has 1 amide bonds. The summed E-state index contributed by atoms with van der Waals surface area (Å²) in [5, 5.41) is 2.91. The molecule has 0 bridgehead atoms. The van der Waals surface area contributed by atoms with E-state index in [1.165, 1.54) is 16.4 Å². The van der Waals surface area contributed by atoms with Crippen LogP contribution in [0.1, 0.15) is 21.5 Å². The van der Waals surface area contributed by atoms with Crippen molar-refractivity contribution in [2.45, 2.75) is 17.9 Å². The highest BCUT2D eigenvalue weighted by molar-refractivity contribution is 7.92. The van der Waals surface area contributed by atoms with Gasteiger partial charge in [-0.25, -0.2) is 8.42 Å². The Morgan fingerprint density at radius 1 is 0.912 bits per heavy atom. The van der Waals surface area contributed by atoms with E-state index < -0.39 is 10.0 Å². The van der Waals surface area contributed by atoms with E-state index in [4.69, 9.17) is 4.74 Å². The lowest BCUT2D eigenvalue weighted by molar-refractivity contribution is 0.0342. The van der Waals surface area contributed by atoms with Gasteiger partial charge in [0.1, 0.15) is 0 Å². The number of para-hydroxylation sites is 1. The van der Waals surface area contributed by atoms with Crippen molar-refractivity contribution in [1.82, 2.24) is 4.90 Å². The molecule has 5 rings (SSSR count). The molecule has 0 spiro atoms. The van der Waals surface area contributed by atoms with Crippen LogP contribution in [-0.4, -0.2) is 52.1 Å². The molecule has 0 aliphatic carbocycles. The summed E-state index contributed by atoms with van der Waals surface area (Å²) >= 11 is 0. The average Bonchev–Trinajstić information content (AvgIpc) is 3.30. The molecule has 8 heteroatoms. The lowest BCUT2D eigenvalue weighted by atomic mass is 10.1. The summed E-state index contributed by atoms with van der Waals surface area (Å²) in [6.07, 6.45) is 0.677. The molecule has 0 radical (unpaired) electrons. The van der Waals surface area contributed by atoms with Gasteiger partial charge in [-0.15, -0.1) is 0 Å². The SMILES string of the molecule is O=C(Nc1cccc(CN2CCOCC2)c1)c1cccc(S(=O)(=O)N2CCc3ccccc32)c1. The van der Waals surface area contributed by atoms with Gasteiger partial charge in [-0.05, 0) is 53.9 Å². The van der Waals surface area contributed by atoms with Crippen molar-refractivity contribution in [1.29, 1.82) is 0 Å². The smallest absolute Gasteiger partial charge is 0.264 e. The van der Waals surface area contributed by atoms with Crippen LogP contribution in [-0.2, 0) is 27.7 Å². The number of nitrogens with one attached hydrogen (secondary N) is 1. The molecule has 2 aliphatic heterocycles. The van der Waals surface area contributed by atoms with Gasteiger partial charge in [0, 0.05) is 37.4 Å². The van der Waals surface area contributed by atoms with Gasteiger partial charge in [-0.1, -0.05) is 36.4 Å². The summed E-state index contributed by atoms with van der Waals surface area (Å²) in [5.41, 5.74) is 3.79. The molecule has 176 valence electrons. The molecule has 7 nitrogen and oxygen atoms in total. The van der Waals surface area contributed by atoms with Crippen LogP contribution in [0.25, 0.3) is 0 Å². The van der Waals surface area contributed by atoms with Crippen LogP contribution in [0, 0.1) is 0 Å². The quantitative estimate of drug-likeness (QED) is 0.588. The molecular weight excluding hydrogens is 450 g/mol. The van der Waals surface area contributed by atoms with Crippen LogP contribution in [0.4, 0.5) is 11.4 Å². The van der Waals surface area contributed by atoms with E-state index in [2.05, 4.69) is 10.2 Å². The summed E-state index contributed by atoms with van der Waals surface area (Å²) in [4.78, 5) is 15.4. The Balaban J connectivity index is 1.32. The molecule has 1 fully saturated rings. The molecule has 34 heavy (non-hydrogen) atoms. The fourth-order valence-electron chi connectivity index (χ4n) is 4.45. The minimum atomic E-state index is -3.77. The first kappa shape index (κ1) is 22.6. The van der Waals surface area contributed by atoms with Gasteiger partial charge in [-0.3, -0.25) is 14.0 Å². The summed E-state index contributed by atoms with van der Waals surface area (Å²) < 4.78 is 33.5. The first-order valence-electron chi connectivity index (χ1n) is 11.4. The molecule has 2 heterocycles. The van der Waals surface area contributed by atoms with E-state index in [-0.39, 0.29) is 10.8 Å². The minimum absolute atomic E-state index is 0.109. The number of morpholine rings is 1. The van der Waals surface area contributed by atoms with Gasteiger partial charge < -0.3 is 10.1 Å². The molecule has 3 aromatic carbocycles. The summed E-state index contributed by atoms with van der Waals surface area (Å²) in [5.74, 6) is -0.345. The predicted octanol–water partition coefficient (Wildman–Crippen LogP) is 3.52. The maximum Gasteiger partial charge on any atom is 0.264 e. The molecule has 3 aromatic rings. The van der Waals surface area contributed by atoms with Crippen molar-refractivity contribution < 1.29 is 17.9 Å². The Morgan fingerprint density at radius 2 is 1.71 bits per heavy atom. The number of hydrogen-bond acceptors (Lipinski definition) is 5. The second-order valence-corrected chi connectivity index (χ2v) is 10.4. The second-order valence-electron chi connectivity index (χ2n) is 8.53. The van der Waals surface area contributed by atoms with E-state index in [1.54, 1.807) is 12.1 Å². The number of nitrogens with zero attached hydrogens (tertiary/aromatic N) is 2. The maximum atomic E-state index is 13.3. The molecular formula is C26H27N3O4S. The number of rotatable bonds is 6. The van der Waals surface area contributed by atoms with E-state index in [1.807, 2.05) is 48.5 Å². The van der Waals surface area contributed by atoms with E-state index >= 15 is 0 Å². The number of ether oxygens (including phenoxy) is 1. The molecule has 2 aliphatic rings. The van der Waals surface area contributed by atoms with Crippen LogP contribution >= 0.6 is 0 Å². The van der Waals surface area contributed by atoms with Gasteiger partial charge in [0.25, 0.3) is 15.9 Å². The molecule has 0 aromatic heterocycles. The Labute approximate surface area is 200 Å². The zero-order valence-electron chi connectivity index (χ0n) is 18.8. The number of amides is 1. The topological polar surface area (TPSA) is 79.0 Å². The molecule has 1 saturated heterocycles. The second kappa shape index (κ2) is 9.58. The Hall–Kier alpha value is -3.20. The van der Waals surface area contributed by atoms with E-state index in [0.717, 1.165) is 44.0 Å². The average molecular weight is 478 g/mol. The third-order valence-corrected chi connectivity index (χ3v) is 8.03. The molecule has 0 saturated carbocycles. The van der Waals surface area contributed by atoms with Crippen molar-refractivity contribution in [3.8, 4) is 0 Å². The number of benzene rings is 3. The van der Waals surface area contributed by atoms with Gasteiger partial charge in [0.15, 0.2) is 0 Å². The number of anilines is 2. The summed E-state index contributed by atoms with van der Waals surface area (Å²) in [6.45, 7) is 4.43. The fourth-order valence-corrected chi connectivity index (χ4v) is 6.00. The zero-order chi connectivity index (χ0) is 23.5. The van der Waals surface area contributed by atoms with Crippen molar-refractivity contribution in [2.75, 3.05) is 42.5 Å². The highest BCUT2D eigenvalue weighted by Crippen LogP contribution is 2.32. The van der Waals surface area contributed by atoms with E-state index in [0.29, 0.717) is 29.9 Å². The van der Waals surface area contributed by atoms with Crippen LogP contribution in [0.5, 0.6) is 0 Å². The summed E-state index contributed by atoms with van der Waals surface area (Å²) in [6, 6.07) is 21.5. The largest absolute Gasteiger partial charge is 0.379 e. The van der Waals surface area contributed by atoms with Crippen molar-refractivity contribution in [3.05, 3.63) is 89.5 Å². The van der Waals surface area contributed by atoms with Gasteiger partial charge >= 0.3 is 0 Å². The lowest BCUT2D eigenvalue weighted by Gasteiger charge is -2.26. The Bertz CT molecular complexity index is 1300. The third kappa shape index (κ3) is 4.70. The number of hydrogen-bond donors (Lipinski definition) is 1. The Morgan fingerprint density at radius 3 is 2.56 bits per heavy atom. The zero-order valence-corrected chi connectivity index (χ0v) is 19.6. The first-order valence-corrected chi connectivity index (χ1v) is 12.9. The lowest BCUT2D eigenvalue weighted by Crippen LogP contribution is -2.35. The normalized spacial score (nSPS) is 16.3. The van der Waals surface area contributed by atoms with Crippen molar-refractivity contribution in [3.63, 3.8) is 0 Å². The highest BCUT2D eigenvalue weighted by Gasteiger charge is 2.31. The number of carbonyl (C=O) groups is 1. The highest BCUT2D eigenvalue weighted by atomic mass is 32.2. The van der Waals surface area contributed by atoms with Crippen molar-refractivity contribution >= 4 is 27.3 Å². The molecule has 1 N–H and O–H groups in total. The third-order valence-electron chi connectivity index (χ3n) is 6.22. The van der Waals surface area contributed by atoms with Crippen LogP contribution < -0.4 is 9.62 Å². The number of carbonyl (C=O) groups excluding carboxylic acids is 1. The van der Waals surface area contributed by atoms with Gasteiger partial charge in [-0.2, -0.15) is 0 Å². The minimum Gasteiger partial charge on any atom is -0.379 e. The number of sulfonamides is 1. The molecule has 0 atom stereocenters. The van der Waals surface area contributed by atoms with Crippen molar-refractivity contribution in [2.24, 2.45) is 0 Å². The first-order chi connectivity index (χ1) is 16.5. The van der Waals surface area contributed by atoms with E-state index in [9.17, 15) is 13.2 Å². The van der Waals surface area contributed by atoms with Crippen LogP contribution in [0.2, 0.25) is 0 Å². The summed E-state index contributed by atoms with van der Waals surface area (Å²) in [7, 11) is -3.77. The molecule has 0 unspecified atom stereocenters. The fraction of sp³-hybridized carbons (Fsp3) is 0.269. The predicted molar refractivity (Wildman–Crippen MR) is 132 cm³/mol. The maximum absolute atomic E-state index is 13.3. The monoisotopic (exact) mass is 477 g/mol. The van der Waals surface area contributed by atoms with Gasteiger partial charge in [0.2, 0.25) is 0 Å². The van der Waals surface area contributed by atoms with Crippen LogP contribution in [0.3, 0.4) is 0 Å². The van der Waals surface area contributed by atoms with Gasteiger partial charge in [0.05, 0.1) is 23.8 Å². The standard InChI is InChI=1S/C26H27N3O4S/c30-26(27-23-8-3-5-20(17-23)19-28-13-15-33-16-14-28)22-7-4-9-24(18-22)34(31,32)29-12-11-21-6-1-2-10-25(21)29/h1-10,17-18H,11-16,19H2,(H,27,30). The van der Waals surface area contributed by atoms with Crippen LogP contribution in [0.15, 0.2) is 77.7 Å².